The highest BCUT2D eigenvalue weighted by Gasteiger charge is 2.16. The van der Waals surface area contributed by atoms with E-state index in [1.165, 1.54) is 6.08 Å². The second-order valence-corrected chi connectivity index (χ2v) is 2.52. The zero-order valence-corrected chi connectivity index (χ0v) is 7.03. The molecule has 0 aliphatic rings. The van der Waals surface area contributed by atoms with Gasteiger partial charge in [0.1, 0.15) is 0 Å². The number of nitrogens with two attached hydrogens (primary N) is 1. The third kappa shape index (κ3) is 1.93. The molecule has 0 aliphatic carbocycles. The summed E-state index contributed by atoms with van der Waals surface area (Å²) >= 11 is 0. The predicted octanol–water partition coefficient (Wildman–Crippen LogP) is 2.21. The van der Waals surface area contributed by atoms with Crippen LogP contribution in [0.2, 0.25) is 0 Å². The molecule has 0 saturated carbocycles. The highest BCUT2D eigenvalue weighted by atomic mass is 19.2. The Morgan fingerprint density at radius 3 is 2.00 bits per heavy atom. The molecule has 1 rings (SSSR count). The van der Waals surface area contributed by atoms with Crippen LogP contribution in [0.25, 0.3) is 6.08 Å². The standard InChI is InChI=1S/C9H7F4N/c10-6-4-7(11)9(13)5(8(6)12)2-1-3-14/h1-2,4H,3,14H2. The van der Waals surface area contributed by atoms with Crippen molar-refractivity contribution >= 4 is 6.08 Å². The summed E-state index contributed by atoms with van der Waals surface area (Å²) in [7, 11) is 0. The van der Waals surface area contributed by atoms with Gasteiger partial charge in [-0.3, -0.25) is 0 Å². The third-order valence-electron chi connectivity index (χ3n) is 1.57. The van der Waals surface area contributed by atoms with E-state index in [1.54, 1.807) is 0 Å². The molecule has 0 atom stereocenters. The smallest absolute Gasteiger partial charge is 0.169 e. The number of hydrogen-bond acceptors (Lipinski definition) is 1. The molecule has 2 N–H and O–H groups in total. The second-order valence-electron chi connectivity index (χ2n) is 2.52. The summed E-state index contributed by atoms with van der Waals surface area (Å²) in [5, 5.41) is 0. The maximum atomic E-state index is 12.9. The lowest BCUT2D eigenvalue weighted by atomic mass is 10.1. The van der Waals surface area contributed by atoms with Crippen LogP contribution < -0.4 is 5.73 Å². The summed E-state index contributed by atoms with van der Waals surface area (Å²) in [6, 6.07) is 0.157. The van der Waals surface area contributed by atoms with Crippen LogP contribution in [0.1, 0.15) is 5.56 Å². The monoisotopic (exact) mass is 205 g/mol. The Hall–Kier alpha value is -1.36. The molecule has 1 nitrogen and oxygen atoms in total. The van der Waals surface area contributed by atoms with E-state index in [9.17, 15) is 17.6 Å². The first-order chi connectivity index (χ1) is 6.57. The first-order valence-corrected chi connectivity index (χ1v) is 3.77. The van der Waals surface area contributed by atoms with Gasteiger partial charge in [-0.1, -0.05) is 12.2 Å². The lowest BCUT2D eigenvalue weighted by molar-refractivity contribution is 0.451. The quantitative estimate of drug-likeness (QED) is 0.581. The summed E-state index contributed by atoms with van der Waals surface area (Å²) in [4.78, 5) is 0. The van der Waals surface area contributed by atoms with E-state index in [-0.39, 0.29) is 12.6 Å². The highest BCUT2D eigenvalue weighted by molar-refractivity contribution is 5.51. The van der Waals surface area contributed by atoms with Gasteiger partial charge in [0.25, 0.3) is 0 Å². The first-order valence-electron chi connectivity index (χ1n) is 3.77. The second kappa shape index (κ2) is 4.23. The van der Waals surface area contributed by atoms with Gasteiger partial charge < -0.3 is 5.73 Å². The summed E-state index contributed by atoms with van der Waals surface area (Å²) in [5.74, 6) is -5.71. The van der Waals surface area contributed by atoms with Crippen LogP contribution in [0.15, 0.2) is 12.1 Å². The van der Waals surface area contributed by atoms with Crippen LogP contribution in [0, 0.1) is 23.3 Å². The molecule has 0 aliphatic heterocycles. The van der Waals surface area contributed by atoms with Gasteiger partial charge in [-0.05, 0) is 0 Å². The van der Waals surface area contributed by atoms with Gasteiger partial charge in [0, 0.05) is 12.6 Å². The Morgan fingerprint density at radius 1 is 1.07 bits per heavy atom. The van der Waals surface area contributed by atoms with Gasteiger partial charge in [-0.25, -0.2) is 17.6 Å². The molecule has 0 spiro atoms. The maximum Gasteiger partial charge on any atom is 0.169 e. The van der Waals surface area contributed by atoms with Crippen LogP contribution in [-0.2, 0) is 0 Å². The Bertz CT molecular complexity index is 347. The van der Waals surface area contributed by atoms with E-state index < -0.39 is 28.8 Å². The molecule has 76 valence electrons. The van der Waals surface area contributed by atoms with Crippen LogP contribution in [0.3, 0.4) is 0 Å². The predicted molar refractivity (Wildman–Crippen MR) is 44.4 cm³/mol. The topological polar surface area (TPSA) is 26.0 Å². The van der Waals surface area contributed by atoms with Crippen molar-refractivity contribution in [3.8, 4) is 0 Å². The van der Waals surface area contributed by atoms with Gasteiger partial charge in [-0.15, -0.1) is 0 Å². The molecule has 0 amide bonds. The van der Waals surface area contributed by atoms with Gasteiger partial charge >= 0.3 is 0 Å². The minimum atomic E-state index is -1.43. The highest BCUT2D eigenvalue weighted by Crippen LogP contribution is 2.20. The summed E-state index contributed by atoms with van der Waals surface area (Å²) < 4.78 is 51.0. The van der Waals surface area contributed by atoms with Crippen molar-refractivity contribution in [3.63, 3.8) is 0 Å². The zero-order chi connectivity index (χ0) is 10.7. The summed E-state index contributed by atoms with van der Waals surface area (Å²) in [6.07, 6.45) is 2.09. The molecule has 0 unspecified atom stereocenters. The molecule has 0 aromatic heterocycles. The number of benzene rings is 1. The largest absolute Gasteiger partial charge is 0.327 e. The van der Waals surface area contributed by atoms with E-state index in [2.05, 4.69) is 0 Å². The van der Waals surface area contributed by atoms with E-state index in [1.807, 2.05) is 0 Å². The van der Waals surface area contributed by atoms with E-state index >= 15 is 0 Å². The third-order valence-corrected chi connectivity index (χ3v) is 1.57. The fourth-order valence-electron chi connectivity index (χ4n) is 0.924. The van der Waals surface area contributed by atoms with Crippen LogP contribution >= 0.6 is 0 Å². The molecule has 14 heavy (non-hydrogen) atoms. The Balaban J connectivity index is 3.32. The van der Waals surface area contributed by atoms with Gasteiger partial charge in [0.05, 0.1) is 5.56 Å². The van der Waals surface area contributed by atoms with Gasteiger partial charge in [0.2, 0.25) is 0 Å². The fraction of sp³-hybridized carbons (Fsp3) is 0.111. The number of hydrogen-bond donors (Lipinski definition) is 1. The van der Waals surface area contributed by atoms with Crippen molar-refractivity contribution in [2.75, 3.05) is 6.54 Å². The number of rotatable bonds is 2. The van der Waals surface area contributed by atoms with Gasteiger partial charge in [-0.2, -0.15) is 0 Å². The fourth-order valence-corrected chi connectivity index (χ4v) is 0.924. The van der Waals surface area contributed by atoms with E-state index in [4.69, 9.17) is 5.73 Å². The maximum absolute atomic E-state index is 12.9. The average Bonchev–Trinajstić information content (AvgIpc) is 2.15. The number of halogens is 4. The molecular formula is C9H7F4N. The molecule has 0 fully saturated rings. The molecule has 0 saturated heterocycles. The van der Waals surface area contributed by atoms with Gasteiger partial charge in [0.15, 0.2) is 23.3 Å². The minimum absolute atomic E-state index is 0.0248. The first kappa shape index (κ1) is 10.7. The van der Waals surface area contributed by atoms with Crippen molar-refractivity contribution in [2.24, 2.45) is 5.73 Å². The normalized spacial score (nSPS) is 11.2. The SMILES string of the molecule is NCC=Cc1c(F)c(F)cc(F)c1F. The minimum Gasteiger partial charge on any atom is -0.327 e. The molecule has 0 radical (unpaired) electrons. The Kier molecular flexibility index (Phi) is 3.24. The zero-order valence-electron chi connectivity index (χ0n) is 7.03. The molecule has 0 bridgehead atoms. The van der Waals surface area contributed by atoms with Crippen molar-refractivity contribution in [2.45, 2.75) is 0 Å². The van der Waals surface area contributed by atoms with E-state index in [0.29, 0.717) is 0 Å². The van der Waals surface area contributed by atoms with Crippen LogP contribution in [0.4, 0.5) is 17.6 Å². The molecule has 1 aromatic rings. The van der Waals surface area contributed by atoms with Crippen molar-refractivity contribution in [3.05, 3.63) is 41.0 Å². The Morgan fingerprint density at radius 2 is 1.57 bits per heavy atom. The lowest BCUT2D eigenvalue weighted by Crippen LogP contribution is -1.99. The molecule has 5 heteroatoms. The summed E-state index contributed by atoms with van der Waals surface area (Å²) in [5.41, 5.74) is 4.28. The van der Waals surface area contributed by atoms with Crippen LogP contribution in [0.5, 0.6) is 0 Å². The Labute approximate surface area is 77.8 Å². The molecule has 0 heterocycles. The van der Waals surface area contributed by atoms with E-state index in [0.717, 1.165) is 6.08 Å². The van der Waals surface area contributed by atoms with Crippen molar-refractivity contribution in [1.29, 1.82) is 0 Å². The van der Waals surface area contributed by atoms with Crippen LogP contribution in [-0.4, -0.2) is 6.54 Å². The molecule has 1 aromatic carbocycles. The summed E-state index contributed by atoms with van der Waals surface area (Å²) in [6.45, 7) is 0.0248. The molecular weight excluding hydrogens is 198 g/mol. The van der Waals surface area contributed by atoms with Crippen molar-refractivity contribution in [1.82, 2.24) is 0 Å². The average molecular weight is 205 g/mol. The lowest BCUT2D eigenvalue weighted by Gasteiger charge is -2.01. The van der Waals surface area contributed by atoms with Crippen molar-refractivity contribution < 1.29 is 17.6 Å².